The van der Waals surface area contributed by atoms with Gasteiger partial charge in [-0.1, -0.05) is 5.16 Å². The van der Waals surface area contributed by atoms with Crippen LogP contribution in [0.15, 0.2) is 4.52 Å². The zero-order chi connectivity index (χ0) is 12.4. The Kier molecular flexibility index (Phi) is 3.89. The van der Waals surface area contributed by atoms with Gasteiger partial charge in [0.15, 0.2) is 5.82 Å². The zero-order valence-corrected chi connectivity index (χ0v) is 11.5. The van der Waals surface area contributed by atoms with Gasteiger partial charge in [0.1, 0.15) is 0 Å². The first-order valence-electron chi connectivity index (χ1n) is 7.02. The van der Waals surface area contributed by atoms with Crippen LogP contribution in [-0.2, 0) is 0 Å². The molecule has 1 atom stereocenters. The van der Waals surface area contributed by atoms with Crippen molar-refractivity contribution >= 4 is 11.8 Å². The molecule has 1 aliphatic carbocycles. The number of rotatable bonds is 3. The van der Waals surface area contributed by atoms with Gasteiger partial charge in [-0.2, -0.15) is 16.7 Å². The lowest BCUT2D eigenvalue weighted by atomic mass is 9.82. The van der Waals surface area contributed by atoms with E-state index in [4.69, 9.17) is 10.3 Å². The summed E-state index contributed by atoms with van der Waals surface area (Å²) < 4.78 is 5.48. The molecule has 0 amide bonds. The summed E-state index contributed by atoms with van der Waals surface area (Å²) in [6, 6.07) is 0. The fraction of sp³-hybridized carbons (Fsp3) is 0.846. The van der Waals surface area contributed by atoms with Crippen molar-refractivity contribution in [3.63, 3.8) is 0 Å². The molecule has 2 N–H and O–H groups in total. The third-order valence-corrected chi connectivity index (χ3v) is 5.58. The molecule has 1 saturated carbocycles. The van der Waals surface area contributed by atoms with E-state index in [1.165, 1.54) is 31.4 Å². The first kappa shape index (κ1) is 12.5. The van der Waals surface area contributed by atoms with Crippen LogP contribution in [-0.4, -0.2) is 22.4 Å². The van der Waals surface area contributed by atoms with Crippen LogP contribution in [0.3, 0.4) is 0 Å². The predicted molar refractivity (Wildman–Crippen MR) is 72.5 cm³/mol. The van der Waals surface area contributed by atoms with Gasteiger partial charge in [0.2, 0.25) is 5.89 Å². The van der Waals surface area contributed by atoms with Crippen molar-refractivity contribution in [2.24, 2.45) is 11.7 Å². The Hall–Kier alpha value is -0.550. The summed E-state index contributed by atoms with van der Waals surface area (Å²) >= 11 is 1.96. The zero-order valence-electron chi connectivity index (χ0n) is 10.7. The van der Waals surface area contributed by atoms with Crippen LogP contribution in [0.2, 0.25) is 0 Å². The summed E-state index contributed by atoms with van der Waals surface area (Å²) in [6.07, 6.45) is 7.20. The standard InChI is InChI=1S/C13H21N3OS/c14-8-9-3-5-10(6-4-9)13-15-12(16-17-13)11-2-1-7-18-11/h9-11H,1-8,14H2. The van der Waals surface area contributed by atoms with Gasteiger partial charge >= 0.3 is 0 Å². The summed E-state index contributed by atoms with van der Waals surface area (Å²) in [4.78, 5) is 4.64. The highest BCUT2D eigenvalue weighted by molar-refractivity contribution is 7.99. The molecule has 1 unspecified atom stereocenters. The highest BCUT2D eigenvalue weighted by atomic mass is 32.2. The number of nitrogens with two attached hydrogens (primary N) is 1. The van der Waals surface area contributed by atoms with Crippen molar-refractivity contribution in [3.05, 3.63) is 11.7 Å². The van der Waals surface area contributed by atoms with Gasteiger partial charge in [-0.3, -0.25) is 0 Å². The highest BCUT2D eigenvalue weighted by Gasteiger charge is 2.28. The molecule has 2 heterocycles. The number of aromatic nitrogens is 2. The summed E-state index contributed by atoms with van der Waals surface area (Å²) in [7, 11) is 0. The minimum absolute atomic E-state index is 0.473. The Morgan fingerprint density at radius 2 is 2.06 bits per heavy atom. The molecular formula is C13H21N3OS. The Morgan fingerprint density at radius 3 is 2.72 bits per heavy atom. The van der Waals surface area contributed by atoms with Crippen molar-refractivity contribution in [1.29, 1.82) is 0 Å². The molecule has 2 fully saturated rings. The van der Waals surface area contributed by atoms with Gasteiger partial charge in [0.05, 0.1) is 5.25 Å². The maximum Gasteiger partial charge on any atom is 0.229 e. The van der Waals surface area contributed by atoms with Crippen LogP contribution in [0, 0.1) is 5.92 Å². The first-order valence-corrected chi connectivity index (χ1v) is 8.07. The molecule has 18 heavy (non-hydrogen) atoms. The second kappa shape index (κ2) is 5.61. The molecule has 3 rings (SSSR count). The number of thioether (sulfide) groups is 1. The van der Waals surface area contributed by atoms with E-state index in [0.717, 1.165) is 31.1 Å². The maximum atomic E-state index is 5.72. The summed E-state index contributed by atoms with van der Waals surface area (Å²) in [5, 5.41) is 4.66. The molecule has 2 aliphatic rings. The van der Waals surface area contributed by atoms with Crippen molar-refractivity contribution in [3.8, 4) is 0 Å². The molecule has 0 spiro atoms. The van der Waals surface area contributed by atoms with Crippen LogP contribution in [0.5, 0.6) is 0 Å². The molecule has 0 aromatic carbocycles. The van der Waals surface area contributed by atoms with Crippen molar-refractivity contribution in [2.75, 3.05) is 12.3 Å². The lowest BCUT2D eigenvalue weighted by Crippen LogP contribution is -2.20. The SMILES string of the molecule is NCC1CCC(c2nc(C3CCCS3)no2)CC1. The van der Waals surface area contributed by atoms with Crippen LogP contribution in [0.25, 0.3) is 0 Å². The van der Waals surface area contributed by atoms with E-state index in [-0.39, 0.29) is 0 Å². The van der Waals surface area contributed by atoms with E-state index in [2.05, 4.69) is 10.1 Å². The number of hydrogen-bond donors (Lipinski definition) is 1. The van der Waals surface area contributed by atoms with Crippen molar-refractivity contribution in [1.82, 2.24) is 10.1 Å². The topological polar surface area (TPSA) is 64.9 Å². The smallest absolute Gasteiger partial charge is 0.229 e. The lowest BCUT2D eigenvalue weighted by molar-refractivity contribution is 0.274. The van der Waals surface area contributed by atoms with Crippen molar-refractivity contribution < 1.29 is 4.52 Å². The monoisotopic (exact) mass is 267 g/mol. The van der Waals surface area contributed by atoms with Crippen molar-refractivity contribution in [2.45, 2.75) is 49.7 Å². The molecule has 0 bridgehead atoms. The minimum atomic E-state index is 0.473. The van der Waals surface area contributed by atoms with Gasteiger partial charge in [0, 0.05) is 5.92 Å². The Bertz CT molecular complexity index is 381. The van der Waals surface area contributed by atoms with Crippen LogP contribution in [0.4, 0.5) is 0 Å². The van der Waals surface area contributed by atoms with E-state index in [1.807, 2.05) is 11.8 Å². The molecule has 1 aliphatic heterocycles. The van der Waals surface area contributed by atoms with Crippen LogP contribution < -0.4 is 5.73 Å². The summed E-state index contributed by atoms with van der Waals surface area (Å²) in [5.74, 6) is 4.20. The summed E-state index contributed by atoms with van der Waals surface area (Å²) in [6.45, 7) is 0.820. The van der Waals surface area contributed by atoms with Gasteiger partial charge in [-0.05, 0) is 56.7 Å². The van der Waals surface area contributed by atoms with Crippen LogP contribution >= 0.6 is 11.8 Å². The summed E-state index contributed by atoms with van der Waals surface area (Å²) in [5.41, 5.74) is 5.72. The first-order chi connectivity index (χ1) is 8.86. The third kappa shape index (κ3) is 2.57. The molecule has 1 aromatic rings. The fourth-order valence-electron chi connectivity index (χ4n) is 2.97. The second-order valence-electron chi connectivity index (χ2n) is 5.45. The normalized spacial score (nSPS) is 32.8. The number of hydrogen-bond acceptors (Lipinski definition) is 5. The van der Waals surface area contributed by atoms with E-state index >= 15 is 0 Å². The molecule has 1 saturated heterocycles. The average molecular weight is 267 g/mol. The Labute approximate surface area is 112 Å². The van der Waals surface area contributed by atoms with E-state index in [1.54, 1.807) is 0 Å². The Balaban J connectivity index is 1.62. The van der Waals surface area contributed by atoms with Gasteiger partial charge in [0.25, 0.3) is 0 Å². The Morgan fingerprint density at radius 1 is 1.22 bits per heavy atom. The third-order valence-electron chi connectivity index (χ3n) is 4.20. The predicted octanol–water partition coefficient (Wildman–Crippen LogP) is 2.87. The fourth-order valence-corrected chi connectivity index (χ4v) is 4.17. The lowest BCUT2D eigenvalue weighted by Gasteiger charge is -2.24. The largest absolute Gasteiger partial charge is 0.339 e. The molecule has 5 heteroatoms. The molecule has 4 nitrogen and oxygen atoms in total. The molecule has 100 valence electrons. The maximum absolute atomic E-state index is 5.72. The number of nitrogens with zero attached hydrogens (tertiary/aromatic N) is 2. The van der Waals surface area contributed by atoms with Gasteiger partial charge in [-0.25, -0.2) is 0 Å². The minimum Gasteiger partial charge on any atom is -0.339 e. The molecular weight excluding hydrogens is 246 g/mol. The van der Waals surface area contributed by atoms with Crippen LogP contribution in [0.1, 0.15) is 61.4 Å². The molecule has 0 radical (unpaired) electrons. The van der Waals surface area contributed by atoms with E-state index in [9.17, 15) is 0 Å². The quantitative estimate of drug-likeness (QED) is 0.912. The molecule has 1 aromatic heterocycles. The second-order valence-corrected chi connectivity index (χ2v) is 6.76. The highest BCUT2D eigenvalue weighted by Crippen LogP contribution is 2.40. The van der Waals surface area contributed by atoms with E-state index < -0.39 is 0 Å². The van der Waals surface area contributed by atoms with Gasteiger partial charge in [-0.15, -0.1) is 0 Å². The van der Waals surface area contributed by atoms with E-state index in [0.29, 0.717) is 17.1 Å². The average Bonchev–Trinajstić information content (AvgIpc) is 3.09. The van der Waals surface area contributed by atoms with Gasteiger partial charge < -0.3 is 10.3 Å².